The quantitative estimate of drug-likeness (QED) is 0.215. The van der Waals surface area contributed by atoms with Crippen LogP contribution in [0.1, 0.15) is 39.7 Å². The maximum Gasteiger partial charge on any atom is 0.307 e. The Morgan fingerprint density at radius 3 is 2.47 bits per heavy atom. The summed E-state index contributed by atoms with van der Waals surface area (Å²) in [7, 11) is 0. The number of ether oxygens (including phenoxy) is 1. The van der Waals surface area contributed by atoms with Gasteiger partial charge >= 0.3 is 5.97 Å². The summed E-state index contributed by atoms with van der Waals surface area (Å²) in [5, 5.41) is 15.6. The number of Topliss-reactive ketones (excluding diaryl/α,β-unsaturated/α-hetero) is 1. The summed E-state index contributed by atoms with van der Waals surface area (Å²) in [4.78, 5) is 48.8. The molecule has 3 aromatic rings. The second-order valence-corrected chi connectivity index (χ2v) is 7.90. The molecule has 32 heavy (non-hydrogen) atoms. The molecular formula is C23H20N2O6S. The Hall–Kier alpha value is -3.85. The van der Waals surface area contributed by atoms with E-state index >= 15 is 0 Å². The summed E-state index contributed by atoms with van der Waals surface area (Å²) >= 11 is 1.28. The van der Waals surface area contributed by atoms with Crippen LogP contribution in [-0.4, -0.2) is 22.6 Å². The van der Waals surface area contributed by atoms with Crippen LogP contribution in [0, 0.1) is 17.0 Å². The molecule has 0 fully saturated rings. The van der Waals surface area contributed by atoms with Crippen LogP contribution in [0.3, 0.4) is 0 Å². The Labute approximate surface area is 188 Å². The molecule has 0 aliphatic heterocycles. The molecule has 0 aliphatic rings. The third kappa shape index (κ3) is 5.86. The molecule has 1 aromatic heterocycles. The van der Waals surface area contributed by atoms with Crippen LogP contribution in [0.15, 0.2) is 66.0 Å². The van der Waals surface area contributed by atoms with Crippen LogP contribution in [0.5, 0.6) is 0 Å². The molecule has 0 saturated carbocycles. The van der Waals surface area contributed by atoms with Crippen LogP contribution in [-0.2, 0) is 14.3 Å². The Morgan fingerprint density at radius 2 is 1.81 bits per heavy atom. The van der Waals surface area contributed by atoms with E-state index in [1.807, 2.05) is 0 Å². The van der Waals surface area contributed by atoms with Crippen LogP contribution in [0.4, 0.5) is 11.4 Å². The SMILES string of the molecule is Cc1ccc(NC(=O)[C@@H](OC(=O)CCC(=O)c2cccs2)c2ccccc2)c([N+](=O)[O-])c1. The molecule has 9 heteroatoms. The average molecular weight is 452 g/mol. The molecule has 0 spiro atoms. The average Bonchev–Trinajstić information content (AvgIpc) is 3.32. The fraction of sp³-hybridized carbons (Fsp3) is 0.174. The number of thiophene rings is 1. The van der Waals surface area contributed by atoms with Crippen LogP contribution < -0.4 is 5.32 Å². The van der Waals surface area contributed by atoms with E-state index in [9.17, 15) is 24.5 Å². The van der Waals surface area contributed by atoms with Gasteiger partial charge in [-0.2, -0.15) is 0 Å². The first-order valence-corrected chi connectivity index (χ1v) is 10.6. The number of hydrogen-bond donors (Lipinski definition) is 1. The number of esters is 1. The van der Waals surface area contributed by atoms with Crippen LogP contribution in [0.25, 0.3) is 0 Å². The largest absolute Gasteiger partial charge is 0.447 e. The molecule has 1 atom stereocenters. The number of carbonyl (C=O) groups is 3. The van der Waals surface area contributed by atoms with Gasteiger partial charge in [-0.15, -0.1) is 11.3 Å². The van der Waals surface area contributed by atoms with E-state index in [1.54, 1.807) is 60.8 Å². The highest BCUT2D eigenvalue weighted by Crippen LogP contribution is 2.28. The molecule has 3 rings (SSSR count). The third-order valence-electron chi connectivity index (χ3n) is 4.55. The van der Waals surface area contributed by atoms with Gasteiger partial charge in [-0.05, 0) is 30.0 Å². The predicted octanol–water partition coefficient (Wildman–Crippen LogP) is 4.85. The number of ketones is 1. The predicted molar refractivity (Wildman–Crippen MR) is 120 cm³/mol. The Balaban J connectivity index is 1.75. The molecule has 8 nitrogen and oxygen atoms in total. The zero-order valence-corrected chi connectivity index (χ0v) is 18.0. The number of amides is 1. The number of anilines is 1. The molecule has 1 amide bonds. The van der Waals surface area contributed by atoms with E-state index in [0.717, 1.165) is 0 Å². The zero-order chi connectivity index (χ0) is 23.1. The number of carbonyl (C=O) groups excluding carboxylic acids is 3. The number of aryl methyl sites for hydroxylation is 1. The summed E-state index contributed by atoms with van der Waals surface area (Å²) in [6, 6.07) is 16.1. The summed E-state index contributed by atoms with van der Waals surface area (Å²) in [5.74, 6) is -1.65. The van der Waals surface area contributed by atoms with Crippen molar-refractivity contribution in [1.82, 2.24) is 0 Å². The minimum absolute atomic E-state index is 0.00421. The van der Waals surface area contributed by atoms with Gasteiger partial charge in [0, 0.05) is 18.1 Å². The number of hydrogen-bond acceptors (Lipinski definition) is 7. The van der Waals surface area contributed by atoms with E-state index < -0.39 is 22.9 Å². The highest BCUT2D eigenvalue weighted by Gasteiger charge is 2.27. The molecule has 164 valence electrons. The monoisotopic (exact) mass is 452 g/mol. The van der Waals surface area contributed by atoms with Crippen molar-refractivity contribution < 1.29 is 24.0 Å². The van der Waals surface area contributed by atoms with Crippen molar-refractivity contribution in [3.05, 3.63) is 92.2 Å². The lowest BCUT2D eigenvalue weighted by molar-refractivity contribution is -0.384. The van der Waals surface area contributed by atoms with E-state index in [-0.39, 0.29) is 30.0 Å². The lowest BCUT2D eigenvalue weighted by Crippen LogP contribution is -2.26. The molecule has 0 bridgehead atoms. The lowest BCUT2D eigenvalue weighted by Gasteiger charge is -2.18. The number of nitrogens with one attached hydrogen (secondary N) is 1. The van der Waals surface area contributed by atoms with E-state index in [0.29, 0.717) is 16.0 Å². The summed E-state index contributed by atoms with van der Waals surface area (Å²) < 4.78 is 5.39. The molecule has 2 aromatic carbocycles. The van der Waals surface area contributed by atoms with Crippen molar-refractivity contribution in [2.24, 2.45) is 0 Å². The van der Waals surface area contributed by atoms with E-state index in [4.69, 9.17) is 4.74 Å². The van der Waals surface area contributed by atoms with Crippen molar-refractivity contribution in [3.8, 4) is 0 Å². The number of benzene rings is 2. The molecule has 0 saturated heterocycles. The Kier molecular flexibility index (Phi) is 7.45. The summed E-state index contributed by atoms with van der Waals surface area (Å²) in [6.45, 7) is 1.70. The molecular weight excluding hydrogens is 432 g/mol. The van der Waals surface area contributed by atoms with Gasteiger partial charge in [-0.1, -0.05) is 42.5 Å². The minimum atomic E-state index is -1.33. The van der Waals surface area contributed by atoms with Crippen molar-refractivity contribution in [3.63, 3.8) is 0 Å². The van der Waals surface area contributed by atoms with Gasteiger partial charge in [-0.3, -0.25) is 24.5 Å². The normalized spacial score (nSPS) is 11.4. The van der Waals surface area contributed by atoms with Crippen LogP contribution in [0.2, 0.25) is 0 Å². The molecule has 0 unspecified atom stereocenters. The van der Waals surface area contributed by atoms with Gasteiger partial charge in [0.25, 0.3) is 11.6 Å². The van der Waals surface area contributed by atoms with Crippen molar-refractivity contribution in [1.29, 1.82) is 0 Å². The van der Waals surface area contributed by atoms with Crippen LogP contribution >= 0.6 is 11.3 Å². The fourth-order valence-corrected chi connectivity index (χ4v) is 3.66. The molecule has 0 radical (unpaired) electrons. The number of nitro benzene ring substituents is 1. The topological polar surface area (TPSA) is 116 Å². The standard InChI is InChI=1S/C23H20N2O6S/c1-15-9-10-17(18(14-15)25(29)30)24-23(28)22(16-6-3-2-4-7-16)31-21(27)12-11-19(26)20-8-5-13-32-20/h2-10,13-14,22H,11-12H2,1H3,(H,24,28)/t22-/m0/s1. The summed E-state index contributed by atoms with van der Waals surface area (Å²) in [5.41, 5.74) is 0.794. The van der Waals surface area contributed by atoms with Gasteiger partial charge in [-0.25, -0.2) is 0 Å². The number of nitrogens with zero attached hydrogens (tertiary/aromatic N) is 1. The fourth-order valence-electron chi connectivity index (χ4n) is 2.96. The highest BCUT2D eigenvalue weighted by atomic mass is 32.1. The molecule has 0 aliphatic carbocycles. The van der Waals surface area contributed by atoms with Gasteiger partial charge in [0.05, 0.1) is 16.2 Å². The maximum absolute atomic E-state index is 13.0. The van der Waals surface area contributed by atoms with E-state index in [2.05, 4.69) is 5.32 Å². The third-order valence-corrected chi connectivity index (χ3v) is 5.46. The second kappa shape index (κ2) is 10.5. The smallest absolute Gasteiger partial charge is 0.307 e. The first kappa shape index (κ1) is 22.8. The second-order valence-electron chi connectivity index (χ2n) is 6.95. The van der Waals surface area contributed by atoms with Crippen molar-refractivity contribution >= 4 is 40.4 Å². The molecule has 1 N–H and O–H groups in total. The van der Waals surface area contributed by atoms with Gasteiger partial charge in [0.2, 0.25) is 6.10 Å². The van der Waals surface area contributed by atoms with Gasteiger partial charge in [0.1, 0.15) is 5.69 Å². The minimum Gasteiger partial charge on any atom is -0.447 e. The first-order valence-electron chi connectivity index (χ1n) is 9.72. The first-order chi connectivity index (χ1) is 15.3. The lowest BCUT2D eigenvalue weighted by atomic mass is 10.1. The van der Waals surface area contributed by atoms with Crippen molar-refractivity contribution in [2.75, 3.05) is 5.32 Å². The highest BCUT2D eigenvalue weighted by molar-refractivity contribution is 7.12. The maximum atomic E-state index is 13.0. The van der Waals surface area contributed by atoms with Crippen molar-refractivity contribution in [2.45, 2.75) is 25.9 Å². The Bertz CT molecular complexity index is 1130. The summed E-state index contributed by atoms with van der Waals surface area (Å²) in [6.07, 6.45) is -1.58. The molecule has 1 heterocycles. The number of rotatable bonds is 9. The van der Waals surface area contributed by atoms with E-state index in [1.165, 1.54) is 23.5 Å². The van der Waals surface area contributed by atoms with Gasteiger partial charge in [0.15, 0.2) is 5.78 Å². The zero-order valence-electron chi connectivity index (χ0n) is 17.1. The Morgan fingerprint density at radius 1 is 1.06 bits per heavy atom. The van der Waals surface area contributed by atoms with Gasteiger partial charge < -0.3 is 10.1 Å². The number of nitro groups is 1.